The molecule has 1 aromatic carbocycles. The second-order valence-electron chi connectivity index (χ2n) is 4.61. The summed E-state index contributed by atoms with van der Waals surface area (Å²) in [5.74, 6) is 1.58. The molecule has 1 atom stereocenters. The van der Waals surface area contributed by atoms with E-state index in [9.17, 15) is 0 Å². The first-order chi connectivity index (χ1) is 8.35. The minimum absolute atomic E-state index is 0.288. The molecule has 94 valence electrons. The van der Waals surface area contributed by atoms with Gasteiger partial charge in [-0.25, -0.2) is 0 Å². The molecule has 1 fully saturated rings. The Morgan fingerprint density at radius 3 is 3.00 bits per heavy atom. The number of aliphatic hydroxyl groups excluding tert-OH is 1. The predicted molar refractivity (Wildman–Crippen MR) is 68.5 cm³/mol. The Balaban J connectivity index is 1.99. The molecule has 0 bridgehead atoms. The van der Waals surface area contributed by atoms with E-state index in [1.165, 1.54) is 12.0 Å². The molecule has 17 heavy (non-hydrogen) atoms. The number of hydrogen-bond acceptors (Lipinski definition) is 3. The highest BCUT2D eigenvalue weighted by Gasteiger charge is 2.25. The quantitative estimate of drug-likeness (QED) is 0.845. The number of ether oxygens (including phenoxy) is 1. The highest BCUT2D eigenvalue weighted by Crippen LogP contribution is 2.33. The van der Waals surface area contributed by atoms with Crippen LogP contribution in [0, 0.1) is 0 Å². The molecule has 3 heteroatoms. The first kappa shape index (κ1) is 12.4. The van der Waals surface area contributed by atoms with Gasteiger partial charge in [0.15, 0.2) is 0 Å². The van der Waals surface area contributed by atoms with Crippen molar-refractivity contribution in [2.45, 2.75) is 18.8 Å². The first-order valence-corrected chi connectivity index (χ1v) is 6.31. The number of likely N-dealkylation sites (tertiary alicyclic amines) is 1. The number of aliphatic hydroxyl groups is 1. The van der Waals surface area contributed by atoms with E-state index in [-0.39, 0.29) is 6.61 Å². The van der Waals surface area contributed by atoms with Crippen LogP contribution in [0.5, 0.6) is 5.75 Å². The third kappa shape index (κ3) is 2.99. The summed E-state index contributed by atoms with van der Waals surface area (Å²) in [6.45, 7) is 3.50. The Labute approximate surface area is 103 Å². The summed E-state index contributed by atoms with van der Waals surface area (Å²) < 4.78 is 5.42. The van der Waals surface area contributed by atoms with E-state index < -0.39 is 0 Å². The SMILES string of the molecule is COc1ccccc1C1CCN(CCCO)C1. The van der Waals surface area contributed by atoms with Gasteiger partial charge in [0.05, 0.1) is 7.11 Å². The van der Waals surface area contributed by atoms with Gasteiger partial charge in [-0.05, 0) is 31.0 Å². The summed E-state index contributed by atoms with van der Waals surface area (Å²) in [6, 6.07) is 8.29. The Morgan fingerprint density at radius 2 is 2.24 bits per heavy atom. The van der Waals surface area contributed by atoms with Gasteiger partial charge in [-0.2, -0.15) is 0 Å². The summed E-state index contributed by atoms with van der Waals surface area (Å²) in [5, 5.41) is 8.85. The molecule has 0 radical (unpaired) electrons. The van der Waals surface area contributed by atoms with Crippen molar-refractivity contribution in [2.75, 3.05) is 33.4 Å². The minimum Gasteiger partial charge on any atom is -0.496 e. The van der Waals surface area contributed by atoms with Crippen molar-refractivity contribution >= 4 is 0 Å². The Kier molecular flexibility index (Phi) is 4.40. The van der Waals surface area contributed by atoms with E-state index in [1.807, 2.05) is 12.1 Å². The molecule has 0 aromatic heterocycles. The first-order valence-electron chi connectivity index (χ1n) is 6.31. The van der Waals surface area contributed by atoms with Gasteiger partial charge in [0.2, 0.25) is 0 Å². The van der Waals surface area contributed by atoms with Gasteiger partial charge in [0.25, 0.3) is 0 Å². The van der Waals surface area contributed by atoms with Crippen molar-refractivity contribution in [3.05, 3.63) is 29.8 Å². The molecule has 0 spiro atoms. The van der Waals surface area contributed by atoms with E-state index in [2.05, 4.69) is 17.0 Å². The standard InChI is InChI=1S/C14H21NO2/c1-17-14-6-3-2-5-13(14)12-7-9-15(11-12)8-4-10-16/h2-3,5-6,12,16H,4,7-11H2,1H3. The van der Waals surface area contributed by atoms with E-state index in [4.69, 9.17) is 9.84 Å². The lowest BCUT2D eigenvalue weighted by Crippen LogP contribution is -2.22. The topological polar surface area (TPSA) is 32.7 Å². The van der Waals surface area contributed by atoms with Crippen molar-refractivity contribution in [3.8, 4) is 5.75 Å². The summed E-state index contributed by atoms with van der Waals surface area (Å²) in [7, 11) is 1.73. The molecule has 1 aromatic rings. The number of nitrogens with zero attached hydrogens (tertiary/aromatic N) is 1. The van der Waals surface area contributed by atoms with Gasteiger partial charge in [-0.3, -0.25) is 0 Å². The summed E-state index contributed by atoms with van der Waals surface area (Å²) in [4.78, 5) is 2.42. The number of methoxy groups -OCH3 is 1. The normalized spacial score (nSPS) is 20.7. The highest BCUT2D eigenvalue weighted by atomic mass is 16.5. The summed E-state index contributed by atoms with van der Waals surface area (Å²) >= 11 is 0. The maximum absolute atomic E-state index is 8.85. The zero-order valence-corrected chi connectivity index (χ0v) is 10.4. The molecule has 1 N–H and O–H groups in total. The molecule has 0 saturated carbocycles. The van der Waals surface area contributed by atoms with Crippen LogP contribution in [0.25, 0.3) is 0 Å². The number of para-hydroxylation sites is 1. The fraction of sp³-hybridized carbons (Fsp3) is 0.571. The van der Waals surface area contributed by atoms with Crippen LogP contribution < -0.4 is 4.74 Å². The Bertz CT molecular complexity index is 354. The van der Waals surface area contributed by atoms with Crippen LogP contribution in [0.1, 0.15) is 24.3 Å². The molecule has 1 heterocycles. The van der Waals surface area contributed by atoms with Gasteiger partial charge in [-0.1, -0.05) is 18.2 Å². The van der Waals surface area contributed by atoms with Gasteiger partial charge in [0, 0.05) is 25.6 Å². The van der Waals surface area contributed by atoms with Crippen LogP contribution in [-0.2, 0) is 0 Å². The summed E-state index contributed by atoms with van der Waals surface area (Å²) in [6.07, 6.45) is 2.06. The van der Waals surface area contributed by atoms with Crippen LogP contribution in [0.15, 0.2) is 24.3 Å². The maximum atomic E-state index is 8.85. The molecule has 1 aliphatic heterocycles. The van der Waals surface area contributed by atoms with Crippen LogP contribution >= 0.6 is 0 Å². The number of benzene rings is 1. The molecular weight excluding hydrogens is 214 g/mol. The van der Waals surface area contributed by atoms with Gasteiger partial charge < -0.3 is 14.7 Å². The Hall–Kier alpha value is -1.06. The van der Waals surface area contributed by atoms with E-state index in [0.717, 1.165) is 31.8 Å². The lowest BCUT2D eigenvalue weighted by molar-refractivity contribution is 0.246. The predicted octanol–water partition coefficient (Wildman–Crippen LogP) is 1.87. The molecule has 0 amide bonds. The van der Waals surface area contributed by atoms with Crippen LogP contribution in [0.4, 0.5) is 0 Å². The van der Waals surface area contributed by atoms with Crippen molar-refractivity contribution in [1.29, 1.82) is 0 Å². The van der Waals surface area contributed by atoms with Crippen molar-refractivity contribution < 1.29 is 9.84 Å². The van der Waals surface area contributed by atoms with Crippen molar-refractivity contribution in [1.82, 2.24) is 4.90 Å². The lowest BCUT2D eigenvalue weighted by Gasteiger charge is -2.17. The van der Waals surface area contributed by atoms with E-state index >= 15 is 0 Å². The fourth-order valence-electron chi connectivity index (χ4n) is 2.59. The smallest absolute Gasteiger partial charge is 0.122 e. The van der Waals surface area contributed by atoms with Gasteiger partial charge in [-0.15, -0.1) is 0 Å². The molecule has 1 saturated heterocycles. The Morgan fingerprint density at radius 1 is 1.41 bits per heavy atom. The van der Waals surface area contributed by atoms with Gasteiger partial charge >= 0.3 is 0 Å². The number of hydrogen-bond donors (Lipinski definition) is 1. The van der Waals surface area contributed by atoms with Crippen molar-refractivity contribution in [2.24, 2.45) is 0 Å². The molecule has 1 unspecified atom stereocenters. The number of rotatable bonds is 5. The third-order valence-corrected chi connectivity index (χ3v) is 3.48. The van der Waals surface area contributed by atoms with E-state index in [0.29, 0.717) is 5.92 Å². The average molecular weight is 235 g/mol. The van der Waals surface area contributed by atoms with Crippen LogP contribution in [0.3, 0.4) is 0 Å². The zero-order chi connectivity index (χ0) is 12.1. The average Bonchev–Trinajstić information content (AvgIpc) is 2.85. The molecule has 1 aliphatic rings. The minimum atomic E-state index is 0.288. The zero-order valence-electron chi connectivity index (χ0n) is 10.4. The summed E-state index contributed by atoms with van der Waals surface area (Å²) in [5.41, 5.74) is 1.32. The maximum Gasteiger partial charge on any atom is 0.122 e. The molecule has 3 nitrogen and oxygen atoms in total. The molecule has 2 rings (SSSR count). The molecular formula is C14H21NO2. The van der Waals surface area contributed by atoms with Crippen LogP contribution in [-0.4, -0.2) is 43.4 Å². The second kappa shape index (κ2) is 6.03. The van der Waals surface area contributed by atoms with Crippen molar-refractivity contribution in [3.63, 3.8) is 0 Å². The second-order valence-corrected chi connectivity index (χ2v) is 4.61. The highest BCUT2D eigenvalue weighted by molar-refractivity contribution is 5.36. The fourth-order valence-corrected chi connectivity index (χ4v) is 2.59. The molecule has 0 aliphatic carbocycles. The van der Waals surface area contributed by atoms with Crippen LogP contribution in [0.2, 0.25) is 0 Å². The van der Waals surface area contributed by atoms with Gasteiger partial charge in [0.1, 0.15) is 5.75 Å². The lowest BCUT2D eigenvalue weighted by atomic mass is 9.97. The third-order valence-electron chi connectivity index (χ3n) is 3.48. The van der Waals surface area contributed by atoms with E-state index in [1.54, 1.807) is 7.11 Å². The largest absolute Gasteiger partial charge is 0.496 e. The monoisotopic (exact) mass is 235 g/mol.